The van der Waals surface area contributed by atoms with Crippen molar-refractivity contribution in [2.24, 2.45) is 10.8 Å². The van der Waals surface area contributed by atoms with Gasteiger partial charge in [-0.15, -0.1) is 10.2 Å². The lowest BCUT2D eigenvalue weighted by Gasteiger charge is -2.11. The number of primary amides is 1. The van der Waals surface area contributed by atoms with E-state index in [1.165, 1.54) is 0 Å². The van der Waals surface area contributed by atoms with E-state index < -0.39 is 6.03 Å². The average molecular weight is 374 g/mol. The summed E-state index contributed by atoms with van der Waals surface area (Å²) in [5.41, 5.74) is 11.0. The van der Waals surface area contributed by atoms with Gasteiger partial charge in [-0.3, -0.25) is 4.98 Å². The number of carbonyl (C=O) groups excluding carboxylic acids is 1. The number of amides is 2. The molecule has 0 radical (unpaired) electrons. The molecule has 0 bridgehead atoms. The SMILES string of the molecule is C/C(=N\NC(N)=O)c1ccc2nnc([C@H](C)c3ccc4ncccc4c3)n2n1. The Hall–Kier alpha value is -3.88. The summed E-state index contributed by atoms with van der Waals surface area (Å²) in [6, 6.07) is 12.9. The van der Waals surface area contributed by atoms with Crippen molar-refractivity contribution in [1.29, 1.82) is 0 Å². The maximum Gasteiger partial charge on any atom is 0.332 e. The van der Waals surface area contributed by atoms with Gasteiger partial charge in [-0.1, -0.05) is 19.1 Å². The van der Waals surface area contributed by atoms with E-state index in [9.17, 15) is 4.79 Å². The molecule has 0 unspecified atom stereocenters. The lowest BCUT2D eigenvalue weighted by atomic mass is 9.98. The Morgan fingerprint density at radius 2 is 2.07 bits per heavy atom. The van der Waals surface area contributed by atoms with Gasteiger partial charge in [0.15, 0.2) is 11.5 Å². The number of nitrogens with one attached hydrogen (secondary N) is 1. The number of hydrogen-bond acceptors (Lipinski definition) is 6. The molecule has 0 spiro atoms. The minimum absolute atomic E-state index is 0.0386. The van der Waals surface area contributed by atoms with Crippen LogP contribution in [0.1, 0.15) is 36.8 Å². The Labute approximate surface area is 160 Å². The lowest BCUT2D eigenvalue weighted by Crippen LogP contribution is -2.25. The zero-order valence-corrected chi connectivity index (χ0v) is 15.4. The number of aromatic nitrogens is 5. The molecule has 1 atom stereocenters. The Morgan fingerprint density at radius 3 is 2.89 bits per heavy atom. The van der Waals surface area contributed by atoms with E-state index in [0.717, 1.165) is 16.5 Å². The van der Waals surface area contributed by atoms with Gasteiger partial charge < -0.3 is 5.73 Å². The second kappa shape index (κ2) is 7.03. The van der Waals surface area contributed by atoms with E-state index in [0.29, 0.717) is 22.9 Å². The van der Waals surface area contributed by atoms with E-state index in [2.05, 4.69) is 43.8 Å². The number of nitrogens with two attached hydrogens (primary N) is 1. The standard InChI is InChI=1S/C19H18N8O/c1-11(13-5-6-16-14(10-13)4-3-9-21-16)18-24-23-17-8-7-15(26-27(17)18)12(2)22-25-19(20)28/h3-11H,1-2H3,(H3,20,25,28)/b22-12+/t11-/m1/s1. The first-order valence-electron chi connectivity index (χ1n) is 8.70. The van der Waals surface area contributed by atoms with Gasteiger partial charge in [0.25, 0.3) is 0 Å². The summed E-state index contributed by atoms with van der Waals surface area (Å²) in [6.07, 6.45) is 1.78. The van der Waals surface area contributed by atoms with Crippen LogP contribution in [0.5, 0.6) is 0 Å². The Kier molecular flexibility index (Phi) is 4.40. The number of pyridine rings is 1. The van der Waals surface area contributed by atoms with Crippen molar-refractivity contribution < 1.29 is 4.79 Å². The molecule has 28 heavy (non-hydrogen) atoms. The van der Waals surface area contributed by atoms with Crippen molar-refractivity contribution in [1.82, 2.24) is 30.2 Å². The van der Waals surface area contributed by atoms with E-state index >= 15 is 0 Å². The van der Waals surface area contributed by atoms with Gasteiger partial charge in [0, 0.05) is 17.5 Å². The fourth-order valence-electron chi connectivity index (χ4n) is 2.98. The molecule has 3 heterocycles. The van der Waals surface area contributed by atoms with Crippen LogP contribution in [-0.4, -0.2) is 36.5 Å². The highest BCUT2D eigenvalue weighted by Crippen LogP contribution is 2.25. The number of nitrogens with zero attached hydrogens (tertiary/aromatic N) is 6. The number of hydrazone groups is 1. The van der Waals surface area contributed by atoms with Crippen molar-refractivity contribution >= 4 is 28.3 Å². The first kappa shape index (κ1) is 17.5. The quantitative estimate of drug-likeness (QED) is 0.419. The van der Waals surface area contributed by atoms with Crippen LogP contribution >= 0.6 is 0 Å². The van der Waals surface area contributed by atoms with Gasteiger partial charge in [0.1, 0.15) is 5.69 Å². The molecule has 0 aliphatic carbocycles. The summed E-state index contributed by atoms with van der Waals surface area (Å²) in [7, 11) is 0. The number of rotatable bonds is 4. The lowest BCUT2D eigenvalue weighted by molar-refractivity contribution is 0.249. The summed E-state index contributed by atoms with van der Waals surface area (Å²) >= 11 is 0. The molecule has 0 saturated heterocycles. The third-order valence-corrected chi connectivity index (χ3v) is 4.51. The summed E-state index contributed by atoms with van der Waals surface area (Å²) in [5, 5.41) is 18.1. The molecule has 3 aromatic heterocycles. The summed E-state index contributed by atoms with van der Waals surface area (Å²) < 4.78 is 1.69. The molecule has 0 aliphatic rings. The molecule has 4 rings (SSSR count). The molecule has 0 aliphatic heterocycles. The van der Waals surface area contributed by atoms with Gasteiger partial charge >= 0.3 is 6.03 Å². The van der Waals surface area contributed by atoms with Crippen LogP contribution in [0.4, 0.5) is 4.79 Å². The van der Waals surface area contributed by atoms with Gasteiger partial charge in [0.05, 0.1) is 11.2 Å². The smallest absolute Gasteiger partial charge is 0.332 e. The van der Waals surface area contributed by atoms with Gasteiger partial charge in [-0.25, -0.2) is 10.2 Å². The summed E-state index contributed by atoms with van der Waals surface area (Å²) in [5.74, 6) is 0.666. The number of carbonyl (C=O) groups is 1. The molecule has 4 aromatic rings. The maximum atomic E-state index is 10.9. The number of benzene rings is 1. The van der Waals surface area contributed by atoms with E-state index in [-0.39, 0.29) is 5.92 Å². The predicted molar refractivity (Wildman–Crippen MR) is 105 cm³/mol. The van der Waals surface area contributed by atoms with Gasteiger partial charge in [-0.05, 0) is 42.8 Å². The third-order valence-electron chi connectivity index (χ3n) is 4.51. The Bertz CT molecular complexity index is 1210. The normalized spacial score (nSPS) is 13.0. The second-order valence-corrected chi connectivity index (χ2v) is 6.40. The van der Waals surface area contributed by atoms with Crippen LogP contribution in [0, 0.1) is 0 Å². The fraction of sp³-hybridized carbons (Fsp3) is 0.158. The Morgan fingerprint density at radius 1 is 1.21 bits per heavy atom. The summed E-state index contributed by atoms with van der Waals surface area (Å²) in [4.78, 5) is 15.2. The molecule has 140 valence electrons. The number of urea groups is 1. The van der Waals surface area contributed by atoms with Crippen molar-refractivity contribution in [3.05, 3.63) is 65.7 Å². The predicted octanol–water partition coefficient (Wildman–Crippen LogP) is 2.22. The van der Waals surface area contributed by atoms with Crippen molar-refractivity contribution in [2.75, 3.05) is 0 Å². The monoisotopic (exact) mass is 374 g/mol. The minimum Gasteiger partial charge on any atom is -0.350 e. The van der Waals surface area contributed by atoms with E-state index in [1.807, 2.05) is 24.3 Å². The Balaban J connectivity index is 1.73. The van der Waals surface area contributed by atoms with Crippen LogP contribution in [0.2, 0.25) is 0 Å². The molecule has 1 aromatic carbocycles. The number of fused-ring (bicyclic) bond motifs is 2. The van der Waals surface area contributed by atoms with E-state index in [4.69, 9.17) is 5.73 Å². The third kappa shape index (κ3) is 3.25. The number of hydrogen-bond donors (Lipinski definition) is 2. The van der Waals surface area contributed by atoms with Crippen molar-refractivity contribution in [3.63, 3.8) is 0 Å². The second-order valence-electron chi connectivity index (χ2n) is 6.40. The van der Waals surface area contributed by atoms with E-state index in [1.54, 1.807) is 29.8 Å². The molecule has 9 heteroatoms. The van der Waals surface area contributed by atoms with Crippen molar-refractivity contribution in [3.8, 4) is 0 Å². The molecule has 3 N–H and O–H groups in total. The van der Waals surface area contributed by atoms with Crippen LogP contribution in [0.25, 0.3) is 16.6 Å². The maximum absolute atomic E-state index is 10.9. The fourth-order valence-corrected chi connectivity index (χ4v) is 2.98. The van der Waals surface area contributed by atoms with Gasteiger partial charge in [-0.2, -0.15) is 14.7 Å². The van der Waals surface area contributed by atoms with Crippen LogP contribution in [0.15, 0.2) is 53.8 Å². The topological polar surface area (TPSA) is 123 Å². The van der Waals surface area contributed by atoms with Gasteiger partial charge in [0.2, 0.25) is 0 Å². The largest absolute Gasteiger partial charge is 0.350 e. The van der Waals surface area contributed by atoms with Crippen LogP contribution in [-0.2, 0) is 0 Å². The molecule has 9 nitrogen and oxygen atoms in total. The molecular formula is C19H18N8O. The first-order chi connectivity index (χ1) is 13.5. The first-order valence-corrected chi connectivity index (χ1v) is 8.70. The zero-order chi connectivity index (χ0) is 19.7. The zero-order valence-electron chi connectivity index (χ0n) is 15.4. The van der Waals surface area contributed by atoms with Crippen molar-refractivity contribution in [2.45, 2.75) is 19.8 Å². The van der Waals surface area contributed by atoms with Crippen LogP contribution in [0.3, 0.4) is 0 Å². The molecular weight excluding hydrogens is 356 g/mol. The molecule has 2 amide bonds. The van der Waals surface area contributed by atoms with Crippen LogP contribution < -0.4 is 11.2 Å². The highest BCUT2D eigenvalue weighted by Gasteiger charge is 2.18. The highest BCUT2D eigenvalue weighted by atomic mass is 16.2. The molecule has 0 saturated carbocycles. The highest BCUT2D eigenvalue weighted by molar-refractivity contribution is 5.97. The molecule has 0 fully saturated rings. The minimum atomic E-state index is -0.732. The average Bonchev–Trinajstić information content (AvgIpc) is 3.14. The summed E-state index contributed by atoms with van der Waals surface area (Å²) in [6.45, 7) is 3.78.